The Morgan fingerprint density at radius 2 is 1.92 bits per heavy atom. The molecule has 1 aromatic carbocycles. The maximum Gasteiger partial charge on any atom is 0.308 e. The fourth-order valence-electron chi connectivity index (χ4n) is 2.96. The van der Waals surface area contributed by atoms with E-state index in [1.54, 1.807) is 30.9 Å². The first-order valence-corrected chi connectivity index (χ1v) is 9.35. The van der Waals surface area contributed by atoms with Gasteiger partial charge in [-0.3, -0.25) is 9.59 Å². The Morgan fingerprint density at radius 3 is 2.42 bits per heavy atom. The number of carboxylic acids is 1. The zero-order chi connectivity index (χ0) is 17.9. The number of likely N-dealkylation sites (tertiary alicyclic amines) is 1. The van der Waals surface area contributed by atoms with Crippen LogP contribution in [-0.4, -0.2) is 49.4 Å². The summed E-state index contributed by atoms with van der Waals surface area (Å²) >= 11 is 0. The molecule has 2 atom stereocenters. The zero-order valence-electron chi connectivity index (χ0n) is 13.7. The molecule has 0 aromatic heterocycles. The first-order chi connectivity index (χ1) is 11.3. The molecule has 2 N–H and O–H groups in total. The van der Waals surface area contributed by atoms with Gasteiger partial charge < -0.3 is 10.0 Å². The van der Waals surface area contributed by atoms with Gasteiger partial charge in [0, 0.05) is 19.1 Å². The average Bonchev–Trinajstić information content (AvgIpc) is 2.89. The smallest absolute Gasteiger partial charge is 0.308 e. The van der Waals surface area contributed by atoms with Gasteiger partial charge in [-0.2, -0.15) is 0 Å². The number of nitrogens with one attached hydrogen (secondary N) is 1. The van der Waals surface area contributed by atoms with Crippen LogP contribution in [0, 0.1) is 5.92 Å². The molecule has 0 radical (unpaired) electrons. The third kappa shape index (κ3) is 3.93. The van der Waals surface area contributed by atoms with E-state index in [4.69, 9.17) is 5.11 Å². The molecule has 2 rings (SSSR count). The Balaban J connectivity index is 2.04. The molecule has 2 unspecified atom stereocenters. The molecule has 0 spiro atoms. The van der Waals surface area contributed by atoms with E-state index < -0.39 is 21.9 Å². The van der Waals surface area contributed by atoms with Crippen LogP contribution in [0.25, 0.3) is 0 Å². The summed E-state index contributed by atoms with van der Waals surface area (Å²) in [6.07, 6.45) is 0.584. The molecule has 0 bridgehead atoms. The maximum atomic E-state index is 12.4. The van der Waals surface area contributed by atoms with Crippen LogP contribution in [-0.2, 0) is 26.0 Å². The van der Waals surface area contributed by atoms with Crippen molar-refractivity contribution in [2.75, 3.05) is 13.1 Å². The SMILES string of the molecule is CCNS(=O)(=O)c1ccc(CC(=O)N2CCC(C(=O)O)C2C)cc1. The minimum Gasteiger partial charge on any atom is -0.481 e. The fourth-order valence-corrected chi connectivity index (χ4v) is 4.00. The normalized spacial score (nSPS) is 21.0. The van der Waals surface area contributed by atoms with Gasteiger partial charge in [0.05, 0.1) is 17.2 Å². The molecule has 0 saturated carbocycles. The first kappa shape index (κ1) is 18.4. The molecular weight excluding hydrogens is 332 g/mol. The number of aliphatic carboxylic acids is 1. The van der Waals surface area contributed by atoms with Crippen LogP contribution in [0.4, 0.5) is 0 Å². The van der Waals surface area contributed by atoms with Gasteiger partial charge in [0.15, 0.2) is 0 Å². The van der Waals surface area contributed by atoms with E-state index in [-0.39, 0.29) is 23.3 Å². The Morgan fingerprint density at radius 1 is 1.29 bits per heavy atom. The number of rotatable bonds is 6. The molecule has 1 aliphatic rings. The summed E-state index contributed by atoms with van der Waals surface area (Å²) in [5.41, 5.74) is 0.696. The van der Waals surface area contributed by atoms with E-state index in [1.807, 2.05) is 0 Å². The highest BCUT2D eigenvalue weighted by molar-refractivity contribution is 7.89. The number of hydrogen-bond acceptors (Lipinski definition) is 4. The Labute approximate surface area is 141 Å². The van der Waals surface area contributed by atoms with Gasteiger partial charge in [0.1, 0.15) is 0 Å². The van der Waals surface area contributed by atoms with Crippen molar-refractivity contribution >= 4 is 21.9 Å². The Hall–Kier alpha value is -1.93. The highest BCUT2D eigenvalue weighted by atomic mass is 32.2. The van der Waals surface area contributed by atoms with E-state index in [0.717, 1.165) is 0 Å². The highest BCUT2D eigenvalue weighted by Crippen LogP contribution is 2.25. The molecule has 8 heteroatoms. The van der Waals surface area contributed by atoms with Crippen molar-refractivity contribution in [3.63, 3.8) is 0 Å². The summed E-state index contributed by atoms with van der Waals surface area (Å²) in [5.74, 6) is -1.55. The van der Waals surface area contributed by atoms with Gasteiger partial charge in [0.2, 0.25) is 15.9 Å². The lowest BCUT2D eigenvalue weighted by Crippen LogP contribution is -2.38. The van der Waals surface area contributed by atoms with E-state index in [0.29, 0.717) is 25.1 Å². The lowest BCUT2D eigenvalue weighted by Gasteiger charge is -2.23. The summed E-state index contributed by atoms with van der Waals surface area (Å²) in [5, 5.41) is 9.12. The molecule has 1 saturated heterocycles. The summed E-state index contributed by atoms with van der Waals surface area (Å²) < 4.78 is 26.2. The molecule has 1 aromatic rings. The van der Waals surface area contributed by atoms with Crippen LogP contribution < -0.4 is 4.72 Å². The van der Waals surface area contributed by atoms with Crippen molar-refractivity contribution in [3.8, 4) is 0 Å². The number of sulfonamides is 1. The average molecular weight is 354 g/mol. The largest absolute Gasteiger partial charge is 0.481 e. The summed E-state index contributed by atoms with van der Waals surface area (Å²) in [6.45, 7) is 4.19. The summed E-state index contributed by atoms with van der Waals surface area (Å²) in [6, 6.07) is 5.82. The Kier molecular flexibility index (Phi) is 5.61. The van der Waals surface area contributed by atoms with Gasteiger partial charge in [-0.25, -0.2) is 13.1 Å². The molecule has 132 valence electrons. The lowest BCUT2D eigenvalue weighted by atomic mass is 10.0. The van der Waals surface area contributed by atoms with Crippen molar-refractivity contribution in [1.82, 2.24) is 9.62 Å². The number of nitrogens with zero attached hydrogens (tertiary/aromatic N) is 1. The van der Waals surface area contributed by atoms with Crippen molar-refractivity contribution < 1.29 is 23.1 Å². The van der Waals surface area contributed by atoms with Crippen molar-refractivity contribution in [3.05, 3.63) is 29.8 Å². The van der Waals surface area contributed by atoms with Crippen molar-refractivity contribution in [2.45, 2.75) is 37.6 Å². The molecule has 1 heterocycles. The van der Waals surface area contributed by atoms with E-state index in [1.165, 1.54) is 12.1 Å². The minimum atomic E-state index is -3.51. The third-order valence-electron chi connectivity index (χ3n) is 4.32. The third-order valence-corrected chi connectivity index (χ3v) is 5.88. The van der Waals surface area contributed by atoms with Crippen molar-refractivity contribution in [2.24, 2.45) is 5.92 Å². The number of carbonyl (C=O) groups excluding carboxylic acids is 1. The van der Waals surface area contributed by atoms with E-state index >= 15 is 0 Å². The van der Waals surface area contributed by atoms with Crippen LogP contribution in [0.15, 0.2) is 29.2 Å². The van der Waals surface area contributed by atoms with Crippen LogP contribution in [0.5, 0.6) is 0 Å². The number of hydrogen-bond donors (Lipinski definition) is 2. The van der Waals surface area contributed by atoms with Gasteiger partial charge in [-0.15, -0.1) is 0 Å². The molecule has 1 fully saturated rings. The van der Waals surface area contributed by atoms with E-state index in [9.17, 15) is 18.0 Å². The molecule has 1 amide bonds. The van der Waals surface area contributed by atoms with Gasteiger partial charge >= 0.3 is 5.97 Å². The molecular formula is C16H22N2O5S. The van der Waals surface area contributed by atoms with Crippen LogP contribution >= 0.6 is 0 Å². The predicted octanol–water partition coefficient (Wildman–Crippen LogP) is 0.849. The zero-order valence-corrected chi connectivity index (χ0v) is 14.5. The predicted molar refractivity (Wildman–Crippen MR) is 87.9 cm³/mol. The van der Waals surface area contributed by atoms with Gasteiger partial charge in [-0.1, -0.05) is 19.1 Å². The van der Waals surface area contributed by atoms with Crippen molar-refractivity contribution in [1.29, 1.82) is 0 Å². The minimum absolute atomic E-state index is 0.123. The van der Waals surface area contributed by atoms with Gasteiger partial charge in [-0.05, 0) is 31.0 Å². The number of carbonyl (C=O) groups is 2. The second kappa shape index (κ2) is 7.31. The van der Waals surface area contributed by atoms with Crippen LogP contribution in [0.2, 0.25) is 0 Å². The number of amides is 1. The van der Waals surface area contributed by atoms with Crippen LogP contribution in [0.3, 0.4) is 0 Å². The standard InChI is InChI=1S/C16H22N2O5S/c1-3-17-24(22,23)13-6-4-12(5-7-13)10-15(19)18-9-8-14(11(18)2)16(20)21/h4-7,11,14,17H,3,8-10H2,1-2H3,(H,20,21). The summed E-state index contributed by atoms with van der Waals surface area (Å²) in [7, 11) is -3.51. The second-order valence-corrected chi connectivity index (χ2v) is 7.65. The monoisotopic (exact) mass is 354 g/mol. The van der Waals surface area contributed by atoms with Crippen LogP contribution in [0.1, 0.15) is 25.8 Å². The highest BCUT2D eigenvalue weighted by Gasteiger charge is 2.37. The number of carboxylic acid groups (broad SMARTS) is 1. The topological polar surface area (TPSA) is 104 Å². The molecule has 24 heavy (non-hydrogen) atoms. The fraction of sp³-hybridized carbons (Fsp3) is 0.500. The molecule has 0 aliphatic carbocycles. The second-order valence-electron chi connectivity index (χ2n) is 5.88. The molecule has 7 nitrogen and oxygen atoms in total. The molecule has 1 aliphatic heterocycles. The quantitative estimate of drug-likeness (QED) is 0.788. The number of benzene rings is 1. The summed E-state index contributed by atoms with van der Waals surface area (Å²) in [4.78, 5) is 25.2. The Bertz CT molecular complexity index is 714. The lowest BCUT2D eigenvalue weighted by molar-refractivity contribution is -0.143. The van der Waals surface area contributed by atoms with E-state index in [2.05, 4.69) is 4.72 Å². The first-order valence-electron chi connectivity index (χ1n) is 7.87. The maximum absolute atomic E-state index is 12.4. The van der Waals surface area contributed by atoms with Gasteiger partial charge in [0.25, 0.3) is 0 Å².